The summed E-state index contributed by atoms with van der Waals surface area (Å²) in [5.41, 5.74) is 1.25. The first kappa shape index (κ1) is 15.0. The van der Waals surface area contributed by atoms with Crippen molar-refractivity contribution < 1.29 is 9.47 Å². The van der Waals surface area contributed by atoms with Crippen molar-refractivity contribution in [1.82, 2.24) is 15.0 Å². The Morgan fingerprint density at radius 1 is 1.05 bits per heavy atom. The van der Waals surface area contributed by atoms with Crippen molar-refractivity contribution in [3.05, 3.63) is 29.8 Å². The quantitative estimate of drug-likeness (QED) is 0.880. The van der Waals surface area contributed by atoms with Crippen LogP contribution in [0.4, 0.5) is 5.95 Å². The van der Waals surface area contributed by atoms with Crippen LogP contribution >= 0.6 is 0 Å². The van der Waals surface area contributed by atoms with Gasteiger partial charge in [-0.2, -0.15) is 9.97 Å². The lowest BCUT2D eigenvalue weighted by Crippen LogP contribution is -2.05. The number of benzene rings is 1. The SMILES string of the molecule is CCOc1nc(NC)nc(Oc2ccc(C(C)C)cc2)n1. The fourth-order valence-corrected chi connectivity index (χ4v) is 1.72. The molecule has 6 heteroatoms. The van der Waals surface area contributed by atoms with Gasteiger partial charge in [-0.05, 0) is 30.5 Å². The maximum Gasteiger partial charge on any atom is 0.330 e. The molecule has 0 saturated carbocycles. The van der Waals surface area contributed by atoms with E-state index in [4.69, 9.17) is 9.47 Å². The highest BCUT2D eigenvalue weighted by atomic mass is 16.5. The van der Waals surface area contributed by atoms with Gasteiger partial charge in [-0.1, -0.05) is 26.0 Å². The number of rotatable bonds is 6. The van der Waals surface area contributed by atoms with Crippen molar-refractivity contribution >= 4 is 5.95 Å². The lowest BCUT2D eigenvalue weighted by Gasteiger charge is -2.09. The van der Waals surface area contributed by atoms with Crippen molar-refractivity contribution in [2.24, 2.45) is 0 Å². The number of ether oxygens (including phenoxy) is 2. The third-order valence-electron chi connectivity index (χ3n) is 2.85. The smallest absolute Gasteiger partial charge is 0.330 e. The first-order valence-corrected chi connectivity index (χ1v) is 6.96. The Bertz CT molecular complexity index is 585. The standard InChI is InChI=1S/C15H20N4O2/c1-5-20-14-17-13(16-4)18-15(19-14)21-12-8-6-11(7-9-12)10(2)3/h6-10H,5H2,1-4H3,(H,16,17,18,19). The van der Waals surface area contributed by atoms with Gasteiger partial charge < -0.3 is 14.8 Å². The van der Waals surface area contributed by atoms with Gasteiger partial charge in [0, 0.05) is 7.05 Å². The fourth-order valence-electron chi connectivity index (χ4n) is 1.72. The largest absolute Gasteiger partial charge is 0.464 e. The summed E-state index contributed by atoms with van der Waals surface area (Å²) in [6.45, 7) is 6.65. The van der Waals surface area contributed by atoms with Gasteiger partial charge in [0.1, 0.15) is 5.75 Å². The van der Waals surface area contributed by atoms with Gasteiger partial charge in [-0.3, -0.25) is 0 Å². The van der Waals surface area contributed by atoms with Crippen LogP contribution in [0.5, 0.6) is 17.8 Å². The minimum atomic E-state index is 0.204. The van der Waals surface area contributed by atoms with Gasteiger partial charge in [0.05, 0.1) is 6.61 Å². The number of nitrogens with zero attached hydrogens (tertiary/aromatic N) is 3. The molecule has 0 saturated heterocycles. The van der Waals surface area contributed by atoms with Gasteiger partial charge in [0.2, 0.25) is 5.95 Å². The number of anilines is 1. The molecule has 21 heavy (non-hydrogen) atoms. The van der Waals surface area contributed by atoms with E-state index in [1.165, 1.54) is 5.56 Å². The van der Waals surface area contributed by atoms with Gasteiger partial charge in [-0.25, -0.2) is 0 Å². The van der Waals surface area contributed by atoms with E-state index in [1.807, 2.05) is 31.2 Å². The van der Waals surface area contributed by atoms with Crippen LogP contribution in [0.15, 0.2) is 24.3 Å². The molecule has 1 aromatic carbocycles. The Hall–Kier alpha value is -2.37. The van der Waals surface area contributed by atoms with Gasteiger partial charge >= 0.3 is 12.0 Å². The Labute approximate surface area is 124 Å². The van der Waals surface area contributed by atoms with Crippen molar-refractivity contribution in [3.8, 4) is 17.8 Å². The molecule has 0 fully saturated rings. The van der Waals surface area contributed by atoms with Crippen LogP contribution < -0.4 is 14.8 Å². The van der Waals surface area contributed by atoms with Crippen molar-refractivity contribution in [2.45, 2.75) is 26.7 Å². The van der Waals surface area contributed by atoms with Crippen LogP contribution in [0.25, 0.3) is 0 Å². The molecule has 0 unspecified atom stereocenters. The lowest BCUT2D eigenvalue weighted by molar-refractivity contribution is 0.304. The summed E-state index contributed by atoms with van der Waals surface area (Å²) in [6.07, 6.45) is 0. The normalized spacial score (nSPS) is 10.5. The van der Waals surface area contributed by atoms with E-state index >= 15 is 0 Å². The molecule has 0 radical (unpaired) electrons. The lowest BCUT2D eigenvalue weighted by atomic mass is 10.0. The number of hydrogen-bond acceptors (Lipinski definition) is 6. The third-order valence-corrected chi connectivity index (χ3v) is 2.85. The molecular weight excluding hydrogens is 268 g/mol. The highest BCUT2D eigenvalue weighted by Gasteiger charge is 2.09. The Balaban J connectivity index is 2.19. The zero-order valence-corrected chi connectivity index (χ0v) is 12.8. The highest BCUT2D eigenvalue weighted by molar-refractivity contribution is 5.32. The first-order valence-electron chi connectivity index (χ1n) is 6.96. The summed E-state index contributed by atoms with van der Waals surface area (Å²) in [4.78, 5) is 12.4. The van der Waals surface area contributed by atoms with Gasteiger partial charge in [0.25, 0.3) is 0 Å². The monoisotopic (exact) mass is 288 g/mol. The summed E-state index contributed by atoms with van der Waals surface area (Å²) in [5.74, 6) is 1.56. The average Bonchev–Trinajstić information content (AvgIpc) is 2.48. The fraction of sp³-hybridized carbons (Fsp3) is 0.400. The topological polar surface area (TPSA) is 69.2 Å². The molecule has 1 N–H and O–H groups in total. The second-order valence-electron chi connectivity index (χ2n) is 4.73. The number of nitrogens with one attached hydrogen (secondary N) is 1. The molecule has 112 valence electrons. The van der Waals surface area contributed by atoms with Crippen molar-refractivity contribution in [1.29, 1.82) is 0 Å². The Morgan fingerprint density at radius 2 is 1.71 bits per heavy atom. The van der Waals surface area contributed by atoms with Crippen LogP contribution in [-0.4, -0.2) is 28.6 Å². The molecule has 0 aliphatic carbocycles. The zero-order valence-electron chi connectivity index (χ0n) is 12.8. The minimum Gasteiger partial charge on any atom is -0.464 e. The third kappa shape index (κ3) is 4.05. The molecule has 6 nitrogen and oxygen atoms in total. The van der Waals surface area contributed by atoms with E-state index < -0.39 is 0 Å². The van der Waals surface area contributed by atoms with Gasteiger partial charge in [-0.15, -0.1) is 4.98 Å². The molecule has 1 heterocycles. The van der Waals surface area contributed by atoms with E-state index in [2.05, 4.69) is 34.1 Å². The van der Waals surface area contributed by atoms with Gasteiger partial charge in [0.15, 0.2) is 0 Å². The molecular formula is C15H20N4O2. The molecule has 0 atom stereocenters. The van der Waals surface area contributed by atoms with E-state index in [1.54, 1.807) is 7.05 Å². The maximum atomic E-state index is 5.66. The van der Waals surface area contributed by atoms with Crippen LogP contribution in [0.1, 0.15) is 32.3 Å². The highest BCUT2D eigenvalue weighted by Crippen LogP contribution is 2.23. The molecule has 0 amide bonds. The molecule has 2 rings (SSSR count). The van der Waals surface area contributed by atoms with Crippen molar-refractivity contribution in [3.63, 3.8) is 0 Å². The Morgan fingerprint density at radius 3 is 2.29 bits per heavy atom. The van der Waals surface area contributed by atoms with E-state index in [9.17, 15) is 0 Å². The average molecular weight is 288 g/mol. The van der Waals surface area contributed by atoms with Crippen LogP contribution in [0.3, 0.4) is 0 Å². The van der Waals surface area contributed by atoms with Crippen molar-refractivity contribution in [2.75, 3.05) is 19.0 Å². The van der Waals surface area contributed by atoms with E-state index in [0.29, 0.717) is 24.2 Å². The van der Waals surface area contributed by atoms with Crippen LogP contribution in [0.2, 0.25) is 0 Å². The van der Waals surface area contributed by atoms with Crippen LogP contribution in [-0.2, 0) is 0 Å². The van der Waals surface area contributed by atoms with Crippen LogP contribution in [0, 0.1) is 0 Å². The molecule has 0 aliphatic heterocycles. The maximum absolute atomic E-state index is 5.66. The predicted molar refractivity (Wildman–Crippen MR) is 81.1 cm³/mol. The molecule has 0 spiro atoms. The van der Waals surface area contributed by atoms with E-state index in [0.717, 1.165) is 0 Å². The zero-order chi connectivity index (χ0) is 15.2. The molecule has 1 aromatic heterocycles. The minimum absolute atomic E-state index is 0.204. The summed E-state index contributed by atoms with van der Waals surface area (Å²) < 4.78 is 11.0. The number of hydrogen-bond donors (Lipinski definition) is 1. The number of aromatic nitrogens is 3. The second kappa shape index (κ2) is 6.88. The van der Waals surface area contributed by atoms with E-state index in [-0.39, 0.29) is 12.0 Å². The molecule has 2 aromatic rings. The first-order chi connectivity index (χ1) is 10.1. The summed E-state index contributed by atoms with van der Waals surface area (Å²) in [7, 11) is 1.73. The summed E-state index contributed by atoms with van der Waals surface area (Å²) in [6, 6.07) is 8.31. The summed E-state index contributed by atoms with van der Waals surface area (Å²) >= 11 is 0. The molecule has 0 aliphatic rings. The Kier molecular flexibility index (Phi) is 4.92. The predicted octanol–water partition coefficient (Wildman–Crippen LogP) is 3.23. The summed E-state index contributed by atoms with van der Waals surface area (Å²) in [5, 5.41) is 2.85. The second-order valence-corrected chi connectivity index (χ2v) is 4.73. The molecule has 0 bridgehead atoms.